The number of nitrogens with zero attached hydrogens (tertiary/aromatic N) is 1. The van der Waals surface area contributed by atoms with Crippen molar-refractivity contribution in [3.8, 4) is 0 Å². The molecule has 160 valence electrons. The highest BCUT2D eigenvalue weighted by atomic mass is 16.2. The van der Waals surface area contributed by atoms with Crippen LogP contribution >= 0.6 is 0 Å². The number of hydrogen-bond acceptors (Lipinski definition) is 3. The van der Waals surface area contributed by atoms with E-state index < -0.39 is 6.04 Å². The van der Waals surface area contributed by atoms with Crippen molar-refractivity contribution in [2.24, 2.45) is 0 Å². The van der Waals surface area contributed by atoms with Crippen LogP contribution in [0.3, 0.4) is 0 Å². The first kappa shape index (κ1) is 20.7. The highest BCUT2D eigenvalue weighted by Gasteiger charge is 2.37. The number of amides is 4. The molecule has 31 heavy (non-hydrogen) atoms. The van der Waals surface area contributed by atoms with Crippen LogP contribution in [0.2, 0.25) is 0 Å². The van der Waals surface area contributed by atoms with Crippen LogP contribution in [0.25, 0.3) is 10.9 Å². The summed E-state index contributed by atoms with van der Waals surface area (Å²) in [7, 11) is 0. The second kappa shape index (κ2) is 9.47. The summed E-state index contributed by atoms with van der Waals surface area (Å²) >= 11 is 0. The molecule has 1 aromatic heterocycles. The molecule has 0 spiro atoms. The first-order valence-electron chi connectivity index (χ1n) is 10.6. The summed E-state index contributed by atoms with van der Waals surface area (Å²) in [6.45, 7) is 0.858. The van der Waals surface area contributed by atoms with Gasteiger partial charge in [-0.1, -0.05) is 48.5 Å². The van der Waals surface area contributed by atoms with Gasteiger partial charge in [-0.25, -0.2) is 4.79 Å². The Morgan fingerprint density at radius 1 is 1.00 bits per heavy atom. The topological polar surface area (TPSA) is 94.3 Å². The number of H-pyrrole nitrogens is 1. The second-order valence-corrected chi connectivity index (χ2v) is 7.73. The van der Waals surface area contributed by atoms with Crippen LogP contribution in [0.5, 0.6) is 0 Å². The van der Waals surface area contributed by atoms with Gasteiger partial charge in [-0.15, -0.1) is 0 Å². The molecule has 4 amide bonds. The summed E-state index contributed by atoms with van der Waals surface area (Å²) in [5.41, 5.74) is 3.31. The number of carbonyl (C=O) groups excluding carboxylic acids is 3. The van der Waals surface area contributed by atoms with E-state index in [2.05, 4.69) is 21.7 Å². The normalized spacial score (nSPS) is 16.0. The molecule has 1 unspecified atom stereocenters. The fourth-order valence-electron chi connectivity index (χ4n) is 3.91. The fraction of sp³-hybridized carbons (Fsp3) is 0.292. The summed E-state index contributed by atoms with van der Waals surface area (Å²) in [6.07, 6.45) is 3.79. The summed E-state index contributed by atoms with van der Waals surface area (Å²) < 4.78 is 0. The van der Waals surface area contributed by atoms with Crippen LogP contribution in [0, 0.1) is 0 Å². The highest BCUT2D eigenvalue weighted by Crippen LogP contribution is 2.18. The molecule has 1 aliphatic heterocycles. The minimum Gasteiger partial charge on any atom is -0.361 e. The minimum atomic E-state index is -0.636. The van der Waals surface area contributed by atoms with Gasteiger partial charge in [0.2, 0.25) is 5.91 Å². The van der Waals surface area contributed by atoms with Crippen molar-refractivity contribution in [2.75, 3.05) is 13.1 Å². The third-order valence-corrected chi connectivity index (χ3v) is 5.63. The third kappa shape index (κ3) is 4.94. The Morgan fingerprint density at radius 2 is 1.77 bits per heavy atom. The van der Waals surface area contributed by atoms with Crippen LogP contribution in [0.4, 0.5) is 4.79 Å². The zero-order valence-corrected chi connectivity index (χ0v) is 17.3. The molecular formula is C24H26N4O3. The van der Waals surface area contributed by atoms with Crippen LogP contribution in [-0.4, -0.2) is 46.9 Å². The fourth-order valence-corrected chi connectivity index (χ4v) is 3.91. The lowest BCUT2D eigenvalue weighted by atomic mass is 10.1. The van der Waals surface area contributed by atoms with Crippen molar-refractivity contribution < 1.29 is 14.4 Å². The molecule has 0 radical (unpaired) electrons. The van der Waals surface area contributed by atoms with Gasteiger partial charge in [0.15, 0.2) is 0 Å². The molecule has 1 atom stereocenters. The molecule has 7 heteroatoms. The molecule has 1 fully saturated rings. The molecule has 0 bridgehead atoms. The number of urea groups is 1. The van der Waals surface area contributed by atoms with Gasteiger partial charge in [0.1, 0.15) is 6.04 Å². The number of aromatic nitrogens is 1. The number of benzene rings is 2. The Hall–Kier alpha value is -3.61. The first-order valence-corrected chi connectivity index (χ1v) is 10.6. The standard InChI is InChI=1S/C24H26N4O3/c29-22(25-14-12-18-16-26-20-9-5-4-8-19(18)20)11-10-21-23(30)28(24(31)27-21)15-13-17-6-2-1-3-7-17/h1-9,16,21,26H,10-15H2,(H,25,29)(H,27,31). The number of hydrogen-bond donors (Lipinski definition) is 3. The average molecular weight is 418 g/mol. The number of fused-ring (bicyclic) bond motifs is 1. The maximum absolute atomic E-state index is 12.6. The van der Waals surface area contributed by atoms with Crippen LogP contribution in [-0.2, 0) is 22.4 Å². The minimum absolute atomic E-state index is 0.121. The predicted molar refractivity (Wildman–Crippen MR) is 118 cm³/mol. The third-order valence-electron chi connectivity index (χ3n) is 5.63. The summed E-state index contributed by atoms with van der Waals surface area (Å²) in [6, 6.07) is 16.8. The Bertz CT molecular complexity index is 1080. The van der Waals surface area contributed by atoms with Crippen LogP contribution in [0.15, 0.2) is 60.8 Å². The van der Waals surface area contributed by atoms with Crippen molar-refractivity contribution in [2.45, 2.75) is 31.7 Å². The maximum Gasteiger partial charge on any atom is 0.324 e. The Labute approximate surface area is 180 Å². The van der Waals surface area contributed by atoms with Crippen molar-refractivity contribution in [1.29, 1.82) is 0 Å². The summed E-state index contributed by atoms with van der Waals surface area (Å²) in [5, 5.41) is 6.76. The average Bonchev–Trinajstić information content (AvgIpc) is 3.32. The monoisotopic (exact) mass is 418 g/mol. The number of aromatic amines is 1. The van der Waals surface area contributed by atoms with E-state index in [1.165, 1.54) is 4.90 Å². The number of para-hydroxylation sites is 1. The van der Waals surface area contributed by atoms with Gasteiger partial charge in [-0.2, -0.15) is 0 Å². The number of imide groups is 1. The van der Waals surface area contributed by atoms with Gasteiger partial charge in [-0.05, 0) is 36.5 Å². The summed E-state index contributed by atoms with van der Waals surface area (Å²) in [5.74, 6) is -0.378. The van der Waals surface area contributed by atoms with E-state index >= 15 is 0 Å². The molecule has 3 N–H and O–H groups in total. The van der Waals surface area contributed by atoms with E-state index in [-0.39, 0.29) is 24.3 Å². The summed E-state index contributed by atoms with van der Waals surface area (Å²) in [4.78, 5) is 41.4. The molecule has 4 rings (SSSR count). The molecule has 2 aromatic carbocycles. The van der Waals surface area contributed by atoms with Gasteiger partial charge < -0.3 is 15.6 Å². The van der Waals surface area contributed by atoms with Crippen molar-refractivity contribution >= 4 is 28.7 Å². The van der Waals surface area contributed by atoms with Crippen molar-refractivity contribution in [1.82, 2.24) is 20.5 Å². The molecule has 3 aromatic rings. The largest absolute Gasteiger partial charge is 0.361 e. The first-order chi connectivity index (χ1) is 15.1. The van der Waals surface area contributed by atoms with E-state index in [1.54, 1.807) is 0 Å². The van der Waals surface area contributed by atoms with Crippen molar-refractivity contribution in [3.63, 3.8) is 0 Å². The zero-order valence-electron chi connectivity index (χ0n) is 17.3. The molecule has 2 heterocycles. The quantitative estimate of drug-likeness (QED) is 0.467. The van der Waals surface area contributed by atoms with Gasteiger partial charge >= 0.3 is 6.03 Å². The lowest BCUT2D eigenvalue weighted by Crippen LogP contribution is -2.34. The SMILES string of the molecule is O=C(CCC1NC(=O)N(CCc2ccccc2)C1=O)NCCc1c[nH]c2ccccc12. The van der Waals surface area contributed by atoms with Crippen LogP contribution in [0.1, 0.15) is 24.0 Å². The van der Waals surface area contributed by atoms with Gasteiger partial charge in [0.25, 0.3) is 5.91 Å². The van der Waals surface area contributed by atoms with E-state index in [1.807, 2.05) is 54.7 Å². The predicted octanol–water partition coefficient (Wildman–Crippen LogP) is 2.77. The van der Waals surface area contributed by atoms with E-state index in [9.17, 15) is 14.4 Å². The zero-order chi connectivity index (χ0) is 21.6. The Morgan fingerprint density at radius 3 is 2.61 bits per heavy atom. The Kier molecular flexibility index (Phi) is 6.31. The van der Waals surface area contributed by atoms with E-state index in [0.29, 0.717) is 25.9 Å². The number of carbonyl (C=O) groups is 3. The molecular weight excluding hydrogens is 392 g/mol. The Balaban J connectivity index is 1.20. The highest BCUT2D eigenvalue weighted by molar-refractivity contribution is 6.04. The van der Waals surface area contributed by atoms with E-state index in [4.69, 9.17) is 0 Å². The van der Waals surface area contributed by atoms with Crippen molar-refractivity contribution in [3.05, 3.63) is 71.9 Å². The second-order valence-electron chi connectivity index (χ2n) is 7.73. The van der Waals surface area contributed by atoms with Crippen LogP contribution < -0.4 is 10.6 Å². The maximum atomic E-state index is 12.6. The lowest BCUT2D eigenvalue weighted by molar-refractivity contribution is -0.127. The van der Waals surface area contributed by atoms with Gasteiger partial charge in [0.05, 0.1) is 0 Å². The molecule has 0 aliphatic carbocycles. The molecule has 7 nitrogen and oxygen atoms in total. The lowest BCUT2D eigenvalue weighted by Gasteiger charge is -2.13. The molecule has 1 saturated heterocycles. The van der Waals surface area contributed by atoms with Gasteiger partial charge in [-0.3, -0.25) is 14.5 Å². The number of rotatable bonds is 9. The number of nitrogens with one attached hydrogen (secondary N) is 3. The smallest absolute Gasteiger partial charge is 0.324 e. The van der Waals surface area contributed by atoms with Gasteiger partial charge in [0, 0.05) is 36.6 Å². The molecule has 0 saturated carbocycles. The van der Waals surface area contributed by atoms with E-state index in [0.717, 1.165) is 28.5 Å². The molecule has 1 aliphatic rings.